The van der Waals surface area contributed by atoms with Crippen LogP contribution in [-0.2, 0) is 5.54 Å². The quantitative estimate of drug-likeness (QED) is 0.872. The molecule has 2 aliphatic carbocycles. The molecule has 2 saturated carbocycles. The summed E-state index contributed by atoms with van der Waals surface area (Å²) in [6.45, 7) is 0. The van der Waals surface area contributed by atoms with E-state index in [1.165, 1.54) is 35.7 Å². The summed E-state index contributed by atoms with van der Waals surface area (Å²) in [6, 6.07) is 8.41. The van der Waals surface area contributed by atoms with E-state index in [4.69, 9.17) is 5.73 Å². The van der Waals surface area contributed by atoms with Crippen LogP contribution in [-0.4, -0.2) is 0 Å². The van der Waals surface area contributed by atoms with Crippen LogP contribution in [0.3, 0.4) is 0 Å². The molecule has 1 aromatic rings. The largest absolute Gasteiger partial charge is 0.321 e. The van der Waals surface area contributed by atoms with Gasteiger partial charge in [-0.2, -0.15) is 0 Å². The molecule has 0 radical (unpaired) electrons. The Labute approximate surface area is 99.2 Å². The van der Waals surface area contributed by atoms with Crippen molar-refractivity contribution in [2.45, 2.75) is 31.2 Å². The standard InChI is InChI=1S/C13H16BrN/c14-12-7-2-1-6-10(12)13(15)8-11(13)9-4-3-5-9/h1-2,6-7,9,11H,3-5,8,15H2. The van der Waals surface area contributed by atoms with Crippen LogP contribution in [0.25, 0.3) is 0 Å². The zero-order valence-electron chi connectivity index (χ0n) is 8.75. The summed E-state index contributed by atoms with van der Waals surface area (Å²) in [5.74, 6) is 1.65. The molecular weight excluding hydrogens is 250 g/mol. The third-order valence-electron chi connectivity index (χ3n) is 4.15. The molecule has 1 nitrogen and oxygen atoms in total. The maximum absolute atomic E-state index is 6.49. The Morgan fingerprint density at radius 1 is 1.27 bits per heavy atom. The van der Waals surface area contributed by atoms with Gasteiger partial charge in [0, 0.05) is 10.0 Å². The van der Waals surface area contributed by atoms with E-state index in [2.05, 4.69) is 40.2 Å². The SMILES string of the molecule is NC1(c2ccccc2Br)CC1C1CCC1. The monoisotopic (exact) mass is 265 g/mol. The molecule has 80 valence electrons. The van der Waals surface area contributed by atoms with Crippen LogP contribution in [0.5, 0.6) is 0 Å². The first-order valence-corrected chi connectivity index (χ1v) is 6.55. The van der Waals surface area contributed by atoms with Crippen molar-refractivity contribution in [2.24, 2.45) is 17.6 Å². The van der Waals surface area contributed by atoms with Crippen LogP contribution in [0.15, 0.2) is 28.7 Å². The van der Waals surface area contributed by atoms with Crippen molar-refractivity contribution in [2.75, 3.05) is 0 Å². The summed E-state index contributed by atoms with van der Waals surface area (Å²) in [4.78, 5) is 0. The highest BCUT2D eigenvalue weighted by atomic mass is 79.9. The van der Waals surface area contributed by atoms with Crippen LogP contribution >= 0.6 is 15.9 Å². The highest BCUT2D eigenvalue weighted by Crippen LogP contribution is 2.59. The molecule has 2 fully saturated rings. The van der Waals surface area contributed by atoms with Crippen molar-refractivity contribution in [3.05, 3.63) is 34.3 Å². The summed E-state index contributed by atoms with van der Waals surface area (Å²) in [5, 5.41) is 0. The summed E-state index contributed by atoms with van der Waals surface area (Å²) < 4.78 is 1.18. The maximum Gasteiger partial charge on any atom is 0.0456 e. The maximum atomic E-state index is 6.49. The molecule has 15 heavy (non-hydrogen) atoms. The first-order valence-electron chi connectivity index (χ1n) is 5.76. The number of rotatable bonds is 2. The third kappa shape index (κ3) is 1.46. The van der Waals surface area contributed by atoms with Gasteiger partial charge in [-0.15, -0.1) is 0 Å². The Balaban J connectivity index is 1.86. The highest BCUT2D eigenvalue weighted by molar-refractivity contribution is 9.10. The molecule has 0 amide bonds. The molecule has 2 atom stereocenters. The molecule has 2 aliphatic rings. The minimum absolute atomic E-state index is 0.0226. The van der Waals surface area contributed by atoms with Gasteiger partial charge >= 0.3 is 0 Å². The Morgan fingerprint density at radius 2 is 2.00 bits per heavy atom. The van der Waals surface area contributed by atoms with E-state index in [0.29, 0.717) is 0 Å². The number of hydrogen-bond acceptors (Lipinski definition) is 1. The predicted octanol–water partition coefficient (Wildman–Crippen LogP) is 3.42. The smallest absolute Gasteiger partial charge is 0.0456 e. The Morgan fingerprint density at radius 3 is 2.60 bits per heavy atom. The third-order valence-corrected chi connectivity index (χ3v) is 4.84. The van der Waals surface area contributed by atoms with Crippen LogP contribution in [0.4, 0.5) is 0 Å². The van der Waals surface area contributed by atoms with E-state index in [9.17, 15) is 0 Å². The zero-order valence-corrected chi connectivity index (χ0v) is 10.3. The van der Waals surface area contributed by atoms with Gasteiger partial charge in [0.1, 0.15) is 0 Å². The van der Waals surface area contributed by atoms with E-state index in [1.54, 1.807) is 0 Å². The molecule has 0 heterocycles. The number of nitrogens with two attached hydrogens (primary N) is 1. The molecule has 0 saturated heterocycles. The molecule has 2 unspecified atom stereocenters. The van der Waals surface area contributed by atoms with E-state index in [0.717, 1.165) is 11.8 Å². The molecule has 0 spiro atoms. The summed E-state index contributed by atoms with van der Waals surface area (Å²) >= 11 is 3.61. The molecule has 0 aromatic heterocycles. The predicted molar refractivity (Wildman–Crippen MR) is 65.5 cm³/mol. The molecule has 1 aromatic carbocycles. The second kappa shape index (κ2) is 3.33. The zero-order chi connectivity index (χ0) is 10.5. The van der Waals surface area contributed by atoms with Gasteiger partial charge in [-0.3, -0.25) is 0 Å². The first-order chi connectivity index (χ1) is 7.22. The molecule has 2 N–H and O–H groups in total. The fourth-order valence-corrected chi connectivity index (χ4v) is 3.54. The van der Waals surface area contributed by atoms with Gasteiger partial charge < -0.3 is 5.73 Å². The van der Waals surface area contributed by atoms with Gasteiger partial charge in [-0.05, 0) is 29.9 Å². The number of hydrogen-bond donors (Lipinski definition) is 1. The molecule has 2 heteroatoms. The second-order valence-corrected chi connectivity index (χ2v) is 5.88. The Hall–Kier alpha value is -0.340. The molecule has 0 aliphatic heterocycles. The lowest BCUT2D eigenvalue weighted by atomic mass is 9.79. The summed E-state index contributed by atoms with van der Waals surface area (Å²) in [6.07, 6.45) is 5.38. The van der Waals surface area contributed by atoms with Crippen molar-refractivity contribution in [1.29, 1.82) is 0 Å². The fraction of sp³-hybridized carbons (Fsp3) is 0.538. The number of benzene rings is 1. The van der Waals surface area contributed by atoms with Crippen molar-refractivity contribution < 1.29 is 0 Å². The van der Waals surface area contributed by atoms with Gasteiger partial charge in [0.2, 0.25) is 0 Å². The minimum atomic E-state index is -0.0226. The highest BCUT2D eigenvalue weighted by Gasteiger charge is 2.57. The van der Waals surface area contributed by atoms with Gasteiger partial charge in [0.25, 0.3) is 0 Å². The molecule has 0 bridgehead atoms. The average Bonchev–Trinajstić information content (AvgIpc) is 2.76. The second-order valence-electron chi connectivity index (χ2n) is 5.02. The summed E-state index contributed by atoms with van der Waals surface area (Å²) in [5.41, 5.74) is 7.78. The first kappa shape index (κ1) is 9.86. The fourth-order valence-electron chi connectivity index (χ4n) is 2.88. The van der Waals surface area contributed by atoms with E-state index < -0.39 is 0 Å². The Bertz CT molecular complexity index is 386. The van der Waals surface area contributed by atoms with Crippen molar-refractivity contribution in [1.82, 2.24) is 0 Å². The van der Waals surface area contributed by atoms with Crippen molar-refractivity contribution >= 4 is 15.9 Å². The van der Waals surface area contributed by atoms with Gasteiger partial charge in [0.05, 0.1) is 0 Å². The topological polar surface area (TPSA) is 26.0 Å². The van der Waals surface area contributed by atoms with Gasteiger partial charge in [0.15, 0.2) is 0 Å². The normalized spacial score (nSPS) is 34.9. The van der Waals surface area contributed by atoms with E-state index >= 15 is 0 Å². The van der Waals surface area contributed by atoms with E-state index in [-0.39, 0.29) is 5.54 Å². The van der Waals surface area contributed by atoms with Crippen LogP contribution in [0.2, 0.25) is 0 Å². The van der Waals surface area contributed by atoms with Gasteiger partial charge in [-0.1, -0.05) is 53.4 Å². The lowest BCUT2D eigenvalue weighted by Gasteiger charge is -2.28. The van der Waals surface area contributed by atoms with Crippen LogP contribution in [0.1, 0.15) is 31.2 Å². The average molecular weight is 266 g/mol. The molecular formula is C13H16BrN. The van der Waals surface area contributed by atoms with Gasteiger partial charge in [-0.25, -0.2) is 0 Å². The minimum Gasteiger partial charge on any atom is -0.321 e. The van der Waals surface area contributed by atoms with Crippen LogP contribution in [0, 0.1) is 11.8 Å². The lowest BCUT2D eigenvalue weighted by Crippen LogP contribution is -2.27. The molecule has 3 rings (SSSR count). The van der Waals surface area contributed by atoms with Crippen molar-refractivity contribution in [3.8, 4) is 0 Å². The number of halogens is 1. The van der Waals surface area contributed by atoms with E-state index in [1.807, 2.05) is 0 Å². The summed E-state index contributed by atoms with van der Waals surface area (Å²) in [7, 11) is 0. The lowest BCUT2D eigenvalue weighted by molar-refractivity contribution is 0.258. The van der Waals surface area contributed by atoms with Crippen LogP contribution < -0.4 is 5.73 Å². The Kier molecular flexibility index (Phi) is 2.18. The van der Waals surface area contributed by atoms with Crippen molar-refractivity contribution in [3.63, 3.8) is 0 Å².